The maximum Gasteiger partial charge on any atom is 0.0939 e. The molecule has 2 fully saturated rings. The van der Waals surface area contributed by atoms with E-state index in [2.05, 4.69) is 6.92 Å². The molecule has 0 saturated heterocycles. The van der Waals surface area contributed by atoms with Gasteiger partial charge in [-0.2, -0.15) is 0 Å². The zero-order chi connectivity index (χ0) is 10.9. The summed E-state index contributed by atoms with van der Waals surface area (Å²) in [6.07, 6.45) is 7.92. The molecule has 2 aliphatic rings. The van der Waals surface area contributed by atoms with Crippen LogP contribution in [0.25, 0.3) is 0 Å². The monoisotopic (exact) mass is 212 g/mol. The van der Waals surface area contributed by atoms with Crippen LogP contribution in [-0.2, 0) is 4.74 Å². The normalized spacial score (nSPS) is 39.0. The quantitative estimate of drug-likeness (QED) is 0.776. The zero-order valence-corrected chi connectivity index (χ0v) is 10.0. The van der Waals surface area contributed by atoms with E-state index in [-0.39, 0.29) is 11.7 Å². The molecule has 1 N–H and O–H groups in total. The largest absolute Gasteiger partial charge is 0.390 e. The van der Waals surface area contributed by atoms with Crippen LogP contribution >= 0.6 is 0 Å². The van der Waals surface area contributed by atoms with Gasteiger partial charge in [0.1, 0.15) is 0 Å². The first kappa shape index (κ1) is 11.4. The van der Waals surface area contributed by atoms with Crippen molar-refractivity contribution in [1.82, 2.24) is 0 Å². The molecule has 2 saturated carbocycles. The second kappa shape index (κ2) is 4.42. The lowest BCUT2D eigenvalue weighted by atomic mass is 9.74. The molecule has 2 rings (SSSR count). The van der Waals surface area contributed by atoms with Crippen molar-refractivity contribution in [2.24, 2.45) is 11.8 Å². The number of ether oxygens (including phenoxy) is 1. The van der Waals surface area contributed by atoms with Crippen LogP contribution < -0.4 is 0 Å². The van der Waals surface area contributed by atoms with E-state index in [1.54, 1.807) is 7.11 Å². The third-order valence-electron chi connectivity index (χ3n) is 4.26. The highest BCUT2D eigenvalue weighted by Crippen LogP contribution is 2.42. The highest BCUT2D eigenvalue weighted by atomic mass is 16.5. The van der Waals surface area contributed by atoms with Crippen LogP contribution in [0.1, 0.15) is 51.9 Å². The molecule has 2 aliphatic carbocycles. The van der Waals surface area contributed by atoms with E-state index in [0.29, 0.717) is 5.92 Å². The summed E-state index contributed by atoms with van der Waals surface area (Å²) in [7, 11) is 1.77. The first-order valence-electron chi connectivity index (χ1n) is 6.39. The Balaban J connectivity index is 1.97. The van der Waals surface area contributed by atoms with Crippen molar-refractivity contribution in [3.63, 3.8) is 0 Å². The minimum absolute atomic E-state index is 0.222. The fourth-order valence-electron chi connectivity index (χ4n) is 3.05. The van der Waals surface area contributed by atoms with Gasteiger partial charge in [-0.1, -0.05) is 32.6 Å². The lowest BCUT2D eigenvalue weighted by Gasteiger charge is -2.42. The third-order valence-corrected chi connectivity index (χ3v) is 4.26. The number of methoxy groups -OCH3 is 1. The Labute approximate surface area is 93.0 Å². The molecule has 0 bridgehead atoms. The Morgan fingerprint density at radius 2 is 2.13 bits per heavy atom. The number of hydrogen-bond donors (Lipinski definition) is 1. The minimum atomic E-state index is -0.238. The Kier molecular flexibility index (Phi) is 3.36. The van der Waals surface area contributed by atoms with Crippen LogP contribution in [0.4, 0.5) is 0 Å². The van der Waals surface area contributed by atoms with E-state index in [1.807, 2.05) is 0 Å². The Morgan fingerprint density at radius 3 is 2.67 bits per heavy atom. The van der Waals surface area contributed by atoms with E-state index in [9.17, 15) is 5.11 Å². The Hall–Kier alpha value is -0.0800. The summed E-state index contributed by atoms with van der Waals surface area (Å²) >= 11 is 0. The number of rotatable bonds is 4. The van der Waals surface area contributed by atoms with Gasteiger partial charge in [-0.3, -0.25) is 0 Å². The molecule has 0 aromatic rings. The fourth-order valence-corrected chi connectivity index (χ4v) is 3.05. The molecule has 0 aromatic carbocycles. The molecule has 0 amide bonds. The van der Waals surface area contributed by atoms with E-state index >= 15 is 0 Å². The molecule has 2 nitrogen and oxygen atoms in total. The van der Waals surface area contributed by atoms with Crippen molar-refractivity contribution in [2.75, 3.05) is 7.11 Å². The predicted molar refractivity (Wildman–Crippen MR) is 60.7 cm³/mol. The third kappa shape index (κ3) is 2.54. The summed E-state index contributed by atoms with van der Waals surface area (Å²) in [4.78, 5) is 0. The predicted octanol–water partition coefficient (Wildman–Crippen LogP) is 2.74. The van der Waals surface area contributed by atoms with Crippen LogP contribution in [0.2, 0.25) is 0 Å². The summed E-state index contributed by atoms with van der Waals surface area (Å²) in [5, 5.41) is 10.3. The van der Waals surface area contributed by atoms with Crippen molar-refractivity contribution >= 4 is 0 Å². The first-order chi connectivity index (χ1) is 7.16. The molecule has 0 aromatic heterocycles. The average Bonchev–Trinajstić information content (AvgIpc) is 3.01. The lowest BCUT2D eigenvalue weighted by molar-refractivity contribution is -0.135. The van der Waals surface area contributed by atoms with Gasteiger partial charge in [-0.25, -0.2) is 0 Å². The standard InChI is InChI=1S/C13H24O2/c1-10-4-3-7-13(9-10,15-2)12(14)8-11-5-6-11/h10-12,14H,3-9H2,1-2H3. The highest BCUT2D eigenvalue weighted by molar-refractivity contribution is 4.95. The van der Waals surface area contributed by atoms with Crippen molar-refractivity contribution in [3.8, 4) is 0 Å². The van der Waals surface area contributed by atoms with Gasteiger partial charge in [-0.05, 0) is 31.1 Å². The molecule has 15 heavy (non-hydrogen) atoms. The van der Waals surface area contributed by atoms with E-state index in [0.717, 1.165) is 25.2 Å². The van der Waals surface area contributed by atoms with Gasteiger partial charge in [0.25, 0.3) is 0 Å². The summed E-state index contributed by atoms with van der Waals surface area (Å²) in [6.45, 7) is 2.27. The summed E-state index contributed by atoms with van der Waals surface area (Å²) in [5.41, 5.74) is -0.222. The molecule has 0 radical (unpaired) electrons. The lowest BCUT2D eigenvalue weighted by Crippen LogP contribution is -2.47. The number of hydrogen-bond acceptors (Lipinski definition) is 2. The molecule has 0 aliphatic heterocycles. The fraction of sp³-hybridized carbons (Fsp3) is 1.00. The zero-order valence-electron chi connectivity index (χ0n) is 10.0. The molecule has 3 unspecified atom stereocenters. The van der Waals surface area contributed by atoms with Gasteiger partial charge in [0, 0.05) is 7.11 Å². The topological polar surface area (TPSA) is 29.5 Å². The summed E-state index contributed by atoms with van der Waals surface area (Å²) < 4.78 is 5.69. The van der Waals surface area contributed by atoms with E-state index < -0.39 is 0 Å². The van der Waals surface area contributed by atoms with E-state index in [1.165, 1.54) is 25.7 Å². The van der Waals surface area contributed by atoms with Crippen LogP contribution in [-0.4, -0.2) is 23.9 Å². The van der Waals surface area contributed by atoms with Crippen molar-refractivity contribution in [2.45, 2.75) is 63.6 Å². The smallest absolute Gasteiger partial charge is 0.0939 e. The van der Waals surface area contributed by atoms with Crippen LogP contribution in [0.3, 0.4) is 0 Å². The van der Waals surface area contributed by atoms with Crippen molar-refractivity contribution in [1.29, 1.82) is 0 Å². The number of aliphatic hydroxyl groups excluding tert-OH is 1. The molecule has 3 atom stereocenters. The Morgan fingerprint density at radius 1 is 1.40 bits per heavy atom. The van der Waals surface area contributed by atoms with Gasteiger partial charge in [-0.15, -0.1) is 0 Å². The van der Waals surface area contributed by atoms with Crippen LogP contribution in [0, 0.1) is 11.8 Å². The van der Waals surface area contributed by atoms with Gasteiger partial charge >= 0.3 is 0 Å². The molecule has 2 heteroatoms. The molecule has 0 spiro atoms. The minimum Gasteiger partial charge on any atom is -0.390 e. The van der Waals surface area contributed by atoms with E-state index in [4.69, 9.17) is 4.74 Å². The maximum absolute atomic E-state index is 10.3. The maximum atomic E-state index is 10.3. The highest BCUT2D eigenvalue weighted by Gasteiger charge is 2.43. The van der Waals surface area contributed by atoms with Gasteiger partial charge in [0.15, 0.2) is 0 Å². The van der Waals surface area contributed by atoms with Gasteiger partial charge in [0.05, 0.1) is 11.7 Å². The molecular formula is C13H24O2. The van der Waals surface area contributed by atoms with Gasteiger partial charge < -0.3 is 9.84 Å². The summed E-state index contributed by atoms with van der Waals surface area (Å²) in [5.74, 6) is 1.48. The van der Waals surface area contributed by atoms with Crippen molar-refractivity contribution < 1.29 is 9.84 Å². The Bertz CT molecular complexity index is 213. The van der Waals surface area contributed by atoms with Crippen molar-refractivity contribution in [3.05, 3.63) is 0 Å². The molecular weight excluding hydrogens is 188 g/mol. The van der Waals surface area contributed by atoms with Crippen LogP contribution in [0.15, 0.2) is 0 Å². The molecule has 0 heterocycles. The van der Waals surface area contributed by atoms with Crippen LogP contribution in [0.5, 0.6) is 0 Å². The van der Waals surface area contributed by atoms with Gasteiger partial charge in [0.2, 0.25) is 0 Å². The SMILES string of the molecule is COC1(C(O)CC2CC2)CCCC(C)C1. The summed E-state index contributed by atoms with van der Waals surface area (Å²) in [6, 6.07) is 0. The average molecular weight is 212 g/mol. The first-order valence-corrected chi connectivity index (χ1v) is 6.39. The molecule has 88 valence electrons. The number of aliphatic hydroxyl groups is 1. The second-order valence-electron chi connectivity index (χ2n) is 5.67. The second-order valence-corrected chi connectivity index (χ2v) is 5.67.